The Kier molecular flexibility index (Phi) is 3.62. The summed E-state index contributed by atoms with van der Waals surface area (Å²) < 4.78 is 0. The Bertz CT molecular complexity index is 609. The maximum Gasteiger partial charge on any atom is 0.250 e. The monoisotopic (exact) mass is 236 g/mol. The number of anilines is 1. The topological polar surface area (TPSA) is 55.1 Å². The normalized spacial score (nSPS) is 9.11. The van der Waals surface area contributed by atoms with Crippen molar-refractivity contribution in [1.82, 2.24) is 0 Å². The summed E-state index contributed by atoms with van der Waals surface area (Å²) in [5.74, 6) is 2.47. The lowest BCUT2D eigenvalue weighted by atomic mass is 10.1. The molecule has 0 atom stereocenters. The summed E-state index contributed by atoms with van der Waals surface area (Å²) in [6, 6.07) is 19.4. The number of amides is 1. The Morgan fingerprint density at radius 3 is 2.39 bits per heavy atom. The Morgan fingerprint density at radius 1 is 1.00 bits per heavy atom. The molecular formula is C15H12N2O. The van der Waals surface area contributed by atoms with Gasteiger partial charge in [-0.2, -0.15) is 0 Å². The standard InChI is InChI=1S/C15H12N2O/c16-15(18)13-8-4-5-9-14(13)17-11-10-12-6-2-1-3-7-12/h1-9,17H,(H2,16,18). The van der Waals surface area contributed by atoms with Crippen molar-refractivity contribution >= 4 is 11.6 Å². The third-order valence-electron chi connectivity index (χ3n) is 2.37. The fraction of sp³-hybridized carbons (Fsp3) is 0. The van der Waals surface area contributed by atoms with Gasteiger partial charge in [-0.1, -0.05) is 30.3 Å². The minimum absolute atomic E-state index is 0.430. The van der Waals surface area contributed by atoms with Gasteiger partial charge in [0.25, 0.3) is 5.91 Å². The molecule has 18 heavy (non-hydrogen) atoms. The highest BCUT2D eigenvalue weighted by Crippen LogP contribution is 2.13. The molecule has 0 saturated carbocycles. The van der Waals surface area contributed by atoms with Gasteiger partial charge < -0.3 is 11.1 Å². The van der Waals surface area contributed by atoms with Crippen molar-refractivity contribution in [3.8, 4) is 12.0 Å². The second-order valence-electron chi connectivity index (χ2n) is 3.65. The third kappa shape index (κ3) is 2.89. The highest BCUT2D eigenvalue weighted by Gasteiger charge is 2.04. The molecule has 0 aliphatic carbocycles. The average molecular weight is 236 g/mol. The van der Waals surface area contributed by atoms with E-state index in [9.17, 15) is 4.79 Å². The molecule has 3 N–H and O–H groups in total. The first kappa shape index (κ1) is 11.7. The molecule has 0 saturated heterocycles. The fourth-order valence-corrected chi connectivity index (χ4v) is 1.50. The van der Waals surface area contributed by atoms with E-state index >= 15 is 0 Å². The van der Waals surface area contributed by atoms with Crippen LogP contribution in [0.1, 0.15) is 15.9 Å². The molecule has 0 aliphatic rings. The van der Waals surface area contributed by atoms with E-state index in [-0.39, 0.29) is 0 Å². The van der Waals surface area contributed by atoms with Gasteiger partial charge in [0, 0.05) is 11.6 Å². The van der Waals surface area contributed by atoms with Crippen LogP contribution in [0.4, 0.5) is 5.69 Å². The van der Waals surface area contributed by atoms with Crippen LogP contribution in [0.2, 0.25) is 0 Å². The molecule has 88 valence electrons. The summed E-state index contributed by atoms with van der Waals surface area (Å²) in [6.07, 6.45) is 0. The van der Waals surface area contributed by atoms with Crippen LogP contribution in [0.5, 0.6) is 0 Å². The SMILES string of the molecule is NC(=O)c1ccccc1NC#Cc1ccccc1. The first-order valence-corrected chi connectivity index (χ1v) is 5.48. The Hall–Kier alpha value is -2.73. The molecule has 1 amide bonds. The van der Waals surface area contributed by atoms with Crippen molar-refractivity contribution < 1.29 is 4.79 Å². The Balaban J connectivity index is 2.17. The van der Waals surface area contributed by atoms with E-state index in [4.69, 9.17) is 5.73 Å². The average Bonchev–Trinajstić information content (AvgIpc) is 2.40. The summed E-state index contributed by atoms with van der Waals surface area (Å²) >= 11 is 0. The second-order valence-corrected chi connectivity index (χ2v) is 3.65. The van der Waals surface area contributed by atoms with E-state index in [1.165, 1.54) is 0 Å². The van der Waals surface area contributed by atoms with Gasteiger partial charge in [0.15, 0.2) is 0 Å². The van der Waals surface area contributed by atoms with Crippen molar-refractivity contribution in [2.75, 3.05) is 5.32 Å². The minimum Gasteiger partial charge on any atom is -0.366 e. The summed E-state index contributed by atoms with van der Waals surface area (Å²) in [6.45, 7) is 0. The molecule has 0 aromatic heterocycles. The van der Waals surface area contributed by atoms with Gasteiger partial charge in [0.05, 0.1) is 11.3 Å². The number of para-hydroxylation sites is 1. The zero-order valence-corrected chi connectivity index (χ0v) is 9.68. The van der Waals surface area contributed by atoms with Crippen LogP contribution < -0.4 is 11.1 Å². The lowest BCUT2D eigenvalue weighted by molar-refractivity contribution is 0.100. The highest BCUT2D eigenvalue weighted by molar-refractivity contribution is 5.98. The van der Waals surface area contributed by atoms with Crippen molar-refractivity contribution in [3.05, 3.63) is 65.7 Å². The Labute approximate surface area is 106 Å². The van der Waals surface area contributed by atoms with E-state index in [1.54, 1.807) is 18.2 Å². The number of benzene rings is 2. The number of nitrogens with two attached hydrogens (primary N) is 1. The summed E-state index contributed by atoms with van der Waals surface area (Å²) in [5.41, 5.74) is 7.22. The van der Waals surface area contributed by atoms with Crippen LogP contribution in [0.3, 0.4) is 0 Å². The van der Waals surface area contributed by atoms with E-state index in [1.807, 2.05) is 36.4 Å². The smallest absolute Gasteiger partial charge is 0.250 e. The summed E-state index contributed by atoms with van der Waals surface area (Å²) in [5, 5.41) is 2.88. The zero-order valence-electron chi connectivity index (χ0n) is 9.68. The van der Waals surface area contributed by atoms with Crippen molar-refractivity contribution in [2.24, 2.45) is 5.73 Å². The molecule has 3 heteroatoms. The lowest BCUT2D eigenvalue weighted by Crippen LogP contribution is -2.12. The van der Waals surface area contributed by atoms with Gasteiger partial charge in [-0.15, -0.1) is 0 Å². The zero-order chi connectivity index (χ0) is 12.8. The van der Waals surface area contributed by atoms with Gasteiger partial charge >= 0.3 is 0 Å². The van der Waals surface area contributed by atoms with Gasteiger partial charge in [0.1, 0.15) is 0 Å². The minimum atomic E-state index is -0.473. The number of carbonyl (C=O) groups is 1. The molecular weight excluding hydrogens is 224 g/mol. The first-order valence-electron chi connectivity index (χ1n) is 5.48. The molecule has 0 heterocycles. The molecule has 0 radical (unpaired) electrons. The van der Waals surface area contributed by atoms with Gasteiger partial charge in [-0.05, 0) is 30.2 Å². The van der Waals surface area contributed by atoms with E-state index < -0.39 is 5.91 Å². The molecule has 0 bridgehead atoms. The lowest BCUT2D eigenvalue weighted by Gasteiger charge is -2.03. The summed E-state index contributed by atoms with van der Waals surface area (Å²) in [7, 11) is 0. The third-order valence-corrected chi connectivity index (χ3v) is 2.37. The second kappa shape index (κ2) is 5.55. The molecule has 2 aromatic rings. The van der Waals surface area contributed by atoms with Crippen LogP contribution in [0, 0.1) is 12.0 Å². The highest BCUT2D eigenvalue weighted by atomic mass is 16.1. The predicted octanol–water partition coefficient (Wildman–Crippen LogP) is 2.21. The molecule has 0 spiro atoms. The number of rotatable bonds is 2. The van der Waals surface area contributed by atoms with Crippen LogP contribution in [0.25, 0.3) is 0 Å². The van der Waals surface area contributed by atoms with E-state index in [2.05, 4.69) is 17.3 Å². The van der Waals surface area contributed by atoms with Crippen LogP contribution >= 0.6 is 0 Å². The summed E-state index contributed by atoms with van der Waals surface area (Å²) in [4.78, 5) is 11.2. The van der Waals surface area contributed by atoms with E-state index in [0.717, 1.165) is 5.56 Å². The number of hydrogen-bond donors (Lipinski definition) is 2. The molecule has 0 aliphatic heterocycles. The molecule has 3 nitrogen and oxygen atoms in total. The molecule has 2 aromatic carbocycles. The quantitative estimate of drug-likeness (QED) is 0.620. The van der Waals surface area contributed by atoms with Crippen LogP contribution in [-0.4, -0.2) is 5.91 Å². The van der Waals surface area contributed by atoms with Gasteiger partial charge in [-0.25, -0.2) is 0 Å². The maximum absolute atomic E-state index is 11.2. The molecule has 2 rings (SSSR count). The van der Waals surface area contributed by atoms with Crippen molar-refractivity contribution in [2.45, 2.75) is 0 Å². The van der Waals surface area contributed by atoms with Crippen LogP contribution in [-0.2, 0) is 0 Å². The van der Waals surface area contributed by atoms with Crippen molar-refractivity contribution in [1.29, 1.82) is 0 Å². The fourth-order valence-electron chi connectivity index (χ4n) is 1.50. The molecule has 0 unspecified atom stereocenters. The number of primary amides is 1. The maximum atomic E-state index is 11.2. The largest absolute Gasteiger partial charge is 0.366 e. The van der Waals surface area contributed by atoms with E-state index in [0.29, 0.717) is 11.3 Å². The van der Waals surface area contributed by atoms with Crippen LogP contribution in [0.15, 0.2) is 54.6 Å². The first-order chi connectivity index (χ1) is 8.77. The number of nitrogens with one attached hydrogen (secondary N) is 1. The number of hydrogen-bond acceptors (Lipinski definition) is 2. The molecule has 0 fully saturated rings. The van der Waals surface area contributed by atoms with Gasteiger partial charge in [-0.3, -0.25) is 4.79 Å². The predicted molar refractivity (Wildman–Crippen MR) is 71.9 cm³/mol. The van der Waals surface area contributed by atoms with Gasteiger partial charge in [0.2, 0.25) is 0 Å². The Morgan fingerprint density at radius 2 is 1.67 bits per heavy atom. The van der Waals surface area contributed by atoms with Crippen molar-refractivity contribution in [3.63, 3.8) is 0 Å². The number of carbonyl (C=O) groups excluding carboxylic acids is 1.